The van der Waals surface area contributed by atoms with Crippen molar-refractivity contribution in [1.29, 1.82) is 0 Å². The molecule has 0 unspecified atom stereocenters. The van der Waals surface area contributed by atoms with E-state index in [0.29, 0.717) is 4.75 Å². The summed E-state index contributed by atoms with van der Waals surface area (Å²) >= 11 is 2.06. The monoisotopic (exact) mass is 290 g/mol. The molecule has 1 N–H and O–H groups in total. The molecule has 2 nitrogen and oxygen atoms in total. The molecule has 1 saturated heterocycles. The van der Waals surface area contributed by atoms with E-state index in [4.69, 9.17) is 0 Å². The molecule has 0 radical (unpaired) electrons. The van der Waals surface area contributed by atoms with Crippen LogP contribution in [0.5, 0.6) is 0 Å². The Hall–Kier alpha value is -0.510. The van der Waals surface area contributed by atoms with Gasteiger partial charge in [-0.15, -0.1) is 0 Å². The molecule has 2 fully saturated rings. The molecule has 2 aliphatic rings. The van der Waals surface area contributed by atoms with Gasteiger partial charge in [-0.05, 0) is 50.6 Å². The zero-order chi connectivity index (χ0) is 13.8. The number of thioether (sulfide) groups is 1. The normalized spacial score (nSPS) is 22.9. The topological polar surface area (TPSA) is 15.3 Å². The third-order valence-corrected chi connectivity index (χ3v) is 6.21. The summed E-state index contributed by atoms with van der Waals surface area (Å²) in [6, 6.07) is 11.6. The van der Waals surface area contributed by atoms with Crippen molar-refractivity contribution in [2.24, 2.45) is 0 Å². The Morgan fingerprint density at radius 1 is 1.20 bits per heavy atom. The van der Waals surface area contributed by atoms with Gasteiger partial charge < -0.3 is 5.32 Å². The highest BCUT2D eigenvalue weighted by molar-refractivity contribution is 8.00. The van der Waals surface area contributed by atoms with Crippen molar-refractivity contribution < 1.29 is 0 Å². The average molecular weight is 290 g/mol. The van der Waals surface area contributed by atoms with Crippen LogP contribution in [0.15, 0.2) is 30.3 Å². The molecule has 1 aromatic carbocycles. The van der Waals surface area contributed by atoms with E-state index in [1.54, 1.807) is 0 Å². The first-order chi connectivity index (χ1) is 9.80. The summed E-state index contributed by atoms with van der Waals surface area (Å²) in [6.07, 6.45) is 7.69. The molecule has 3 rings (SSSR count). The van der Waals surface area contributed by atoms with Crippen LogP contribution in [0, 0.1) is 0 Å². The minimum atomic E-state index is 0.598. The van der Waals surface area contributed by atoms with Crippen LogP contribution in [0.3, 0.4) is 0 Å². The summed E-state index contributed by atoms with van der Waals surface area (Å²) in [7, 11) is 0. The molecule has 0 bridgehead atoms. The van der Waals surface area contributed by atoms with Crippen LogP contribution in [0.25, 0.3) is 0 Å². The smallest absolute Gasteiger partial charge is 0.0282 e. The predicted octanol–water partition coefficient (Wildman–Crippen LogP) is 3.14. The first-order valence-electron chi connectivity index (χ1n) is 7.84. The lowest BCUT2D eigenvalue weighted by molar-refractivity contribution is 0.190. The maximum absolute atomic E-state index is 3.81. The van der Waals surface area contributed by atoms with Gasteiger partial charge in [-0.1, -0.05) is 30.3 Å². The highest BCUT2D eigenvalue weighted by atomic mass is 32.2. The summed E-state index contributed by atoms with van der Waals surface area (Å²) in [5.74, 6) is 0. The van der Waals surface area contributed by atoms with Crippen LogP contribution < -0.4 is 5.32 Å². The first kappa shape index (κ1) is 14.4. The molecule has 20 heavy (non-hydrogen) atoms. The lowest BCUT2D eigenvalue weighted by Crippen LogP contribution is -2.44. The van der Waals surface area contributed by atoms with Crippen LogP contribution in [-0.2, 0) is 6.54 Å². The number of piperidine rings is 1. The SMILES string of the molecule is CSC1(CNC2CCN(Cc3ccccc3)CC2)CC1. The molecule has 110 valence electrons. The number of hydrogen-bond donors (Lipinski definition) is 1. The Kier molecular flexibility index (Phi) is 4.69. The van der Waals surface area contributed by atoms with Gasteiger partial charge in [-0.2, -0.15) is 11.8 Å². The minimum absolute atomic E-state index is 0.598. The largest absolute Gasteiger partial charge is 0.313 e. The second-order valence-corrected chi connectivity index (χ2v) is 7.58. The molecule has 3 heteroatoms. The fraction of sp³-hybridized carbons (Fsp3) is 0.647. The van der Waals surface area contributed by atoms with Crippen LogP contribution in [0.1, 0.15) is 31.2 Å². The van der Waals surface area contributed by atoms with E-state index >= 15 is 0 Å². The maximum atomic E-state index is 3.81. The van der Waals surface area contributed by atoms with Crippen molar-refractivity contribution in [2.45, 2.75) is 43.0 Å². The van der Waals surface area contributed by atoms with Gasteiger partial charge >= 0.3 is 0 Å². The van der Waals surface area contributed by atoms with E-state index in [0.717, 1.165) is 12.6 Å². The van der Waals surface area contributed by atoms with E-state index in [2.05, 4.69) is 58.6 Å². The lowest BCUT2D eigenvalue weighted by atomic mass is 10.0. The van der Waals surface area contributed by atoms with Crippen molar-refractivity contribution in [1.82, 2.24) is 10.2 Å². The number of likely N-dealkylation sites (tertiary alicyclic amines) is 1. The van der Waals surface area contributed by atoms with E-state index in [1.807, 2.05) is 0 Å². The Bertz CT molecular complexity index is 408. The number of hydrogen-bond acceptors (Lipinski definition) is 3. The highest BCUT2D eigenvalue weighted by Crippen LogP contribution is 2.46. The van der Waals surface area contributed by atoms with Crippen molar-refractivity contribution in [3.63, 3.8) is 0 Å². The van der Waals surface area contributed by atoms with Gasteiger partial charge in [0.1, 0.15) is 0 Å². The van der Waals surface area contributed by atoms with E-state index < -0.39 is 0 Å². The van der Waals surface area contributed by atoms with Crippen LogP contribution in [0.4, 0.5) is 0 Å². The fourth-order valence-electron chi connectivity index (χ4n) is 3.06. The van der Waals surface area contributed by atoms with Crippen molar-refractivity contribution in [3.05, 3.63) is 35.9 Å². The zero-order valence-electron chi connectivity index (χ0n) is 12.5. The molecule has 1 aliphatic carbocycles. The van der Waals surface area contributed by atoms with Crippen molar-refractivity contribution >= 4 is 11.8 Å². The lowest BCUT2D eigenvalue weighted by Gasteiger charge is -2.33. The Balaban J connectivity index is 1.39. The Morgan fingerprint density at radius 2 is 1.90 bits per heavy atom. The number of rotatable bonds is 6. The molecule has 0 amide bonds. The van der Waals surface area contributed by atoms with Gasteiger partial charge in [0.25, 0.3) is 0 Å². The summed E-state index contributed by atoms with van der Waals surface area (Å²) in [4.78, 5) is 2.59. The maximum Gasteiger partial charge on any atom is 0.0282 e. The number of benzene rings is 1. The van der Waals surface area contributed by atoms with Gasteiger partial charge in [0.2, 0.25) is 0 Å². The van der Waals surface area contributed by atoms with Crippen LogP contribution in [-0.4, -0.2) is 41.6 Å². The average Bonchev–Trinajstić information content (AvgIpc) is 3.28. The molecule has 0 spiro atoms. The van der Waals surface area contributed by atoms with Gasteiger partial charge in [0, 0.05) is 23.9 Å². The van der Waals surface area contributed by atoms with Gasteiger partial charge in [-0.3, -0.25) is 4.90 Å². The number of nitrogens with one attached hydrogen (secondary N) is 1. The molecular weight excluding hydrogens is 264 g/mol. The highest BCUT2D eigenvalue weighted by Gasteiger charge is 2.41. The summed E-state index contributed by atoms with van der Waals surface area (Å²) < 4.78 is 0.598. The van der Waals surface area contributed by atoms with Gasteiger partial charge in [-0.25, -0.2) is 0 Å². The second-order valence-electron chi connectivity index (χ2n) is 6.30. The fourth-order valence-corrected chi connectivity index (χ4v) is 3.80. The van der Waals surface area contributed by atoms with Crippen LogP contribution in [0.2, 0.25) is 0 Å². The third-order valence-electron chi connectivity index (χ3n) is 4.79. The van der Waals surface area contributed by atoms with Crippen LogP contribution >= 0.6 is 11.8 Å². The van der Waals surface area contributed by atoms with Crippen molar-refractivity contribution in [2.75, 3.05) is 25.9 Å². The Labute approximate surface area is 127 Å². The molecule has 1 heterocycles. The molecule has 1 saturated carbocycles. The van der Waals surface area contributed by atoms with Gasteiger partial charge in [0.15, 0.2) is 0 Å². The summed E-state index contributed by atoms with van der Waals surface area (Å²) in [5.41, 5.74) is 1.44. The standard InChI is InChI=1S/C17H26N2S/c1-20-17(9-10-17)14-18-16-7-11-19(12-8-16)13-15-5-3-2-4-6-15/h2-6,16,18H,7-14H2,1H3. The quantitative estimate of drug-likeness (QED) is 0.866. The predicted molar refractivity (Wildman–Crippen MR) is 88.2 cm³/mol. The second kappa shape index (κ2) is 6.50. The summed E-state index contributed by atoms with van der Waals surface area (Å²) in [5, 5.41) is 3.81. The zero-order valence-corrected chi connectivity index (χ0v) is 13.3. The summed E-state index contributed by atoms with van der Waals surface area (Å²) in [6.45, 7) is 4.80. The molecule has 0 atom stereocenters. The van der Waals surface area contributed by atoms with Gasteiger partial charge in [0.05, 0.1) is 0 Å². The molecule has 1 aliphatic heterocycles. The molecule has 0 aromatic heterocycles. The molecule has 1 aromatic rings. The van der Waals surface area contributed by atoms with E-state index in [-0.39, 0.29) is 0 Å². The minimum Gasteiger partial charge on any atom is -0.313 e. The van der Waals surface area contributed by atoms with E-state index in [9.17, 15) is 0 Å². The van der Waals surface area contributed by atoms with E-state index in [1.165, 1.54) is 50.9 Å². The first-order valence-corrected chi connectivity index (χ1v) is 9.07. The third kappa shape index (κ3) is 3.78. The van der Waals surface area contributed by atoms with Crippen molar-refractivity contribution in [3.8, 4) is 0 Å². The number of nitrogens with zero attached hydrogens (tertiary/aromatic N) is 1. The molecular formula is C17H26N2S. The Morgan fingerprint density at radius 3 is 2.50 bits per heavy atom.